The monoisotopic (exact) mass is 411 g/mol. The van der Waals surface area contributed by atoms with Crippen LogP contribution in [0.1, 0.15) is 24.4 Å². The average molecular weight is 411 g/mol. The van der Waals surface area contributed by atoms with Gasteiger partial charge in [0.1, 0.15) is 29.4 Å². The predicted octanol–water partition coefficient (Wildman–Crippen LogP) is 2.63. The summed E-state index contributed by atoms with van der Waals surface area (Å²) in [5.74, 6) is -1.30. The number of carbonyl (C=O) groups excluding carboxylic acids is 1. The molecule has 0 unspecified atom stereocenters. The number of anilines is 1. The highest BCUT2D eigenvalue weighted by molar-refractivity contribution is 7.22. The van der Waals surface area contributed by atoms with E-state index in [1.54, 1.807) is 0 Å². The summed E-state index contributed by atoms with van der Waals surface area (Å²) in [5, 5.41) is 7.10. The second-order valence-corrected chi connectivity index (χ2v) is 8.11. The maximum Gasteiger partial charge on any atom is 0.355 e. The van der Waals surface area contributed by atoms with Gasteiger partial charge in [0.05, 0.1) is 15.9 Å². The molecule has 0 spiro atoms. The van der Waals surface area contributed by atoms with E-state index in [9.17, 15) is 13.6 Å². The molecule has 0 saturated heterocycles. The van der Waals surface area contributed by atoms with Crippen LogP contribution < -0.4 is 15.6 Å². The number of para-hydroxylation sites is 1. The average Bonchev–Trinajstić information content (AvgIpc) is 3.09. The van der Waals surface area contributed by atoms with Crippen molar-refractivity contribution in [2.24, 2.45) is 5.92 Å². The normalized spacial score (nSPS) is 21.2. The molecule has 8 heteroatoms. The van der Waals surface area contributed by atoms with Crippen molar-refractivity contribution in [1.29, 1.82) is 0 Å². The summed E-state index contributed by atoms with van der Waals surface area (Å²) in [6, 6.07) is 10.6. The highest BCUT2D eigenvalue weighted by Crippen LogP contribution is 2.32. The van der Waals surface area contributed by atoms with E-state index in [1.165, 1.54) is 23.5 Å². The number of ketones is 1. The van der Waals surface area contributed by atoms with Crippen molar-refractivity contribution in [2.45, 2.75) is 18.9 Å². The van der Waals surface area contributed by atoms with E-state index >= 15 is 0 Å². The maximum absolute atomic E-state index is 13.9. The number of guanidine groups is 1. The Bertz CT molecular complexity index is 1130. The third-order valence-corrected chi connectivity index (χ3v) is 6.06. The molecule has 0 radical (unpaired) electrons. The van der Waals surface area contributed by atoms with E-state index in [0.717, 1.165) is 22.0 Å². The van der Waals surface area contributed by atoms with Gasteiger partial charge in [-0.2, -0.15) is 0 Å². The molecule has 2 atom stereocenters. The summed E-state index contributed by atoms with van der Waals surface area (Å²) < 4.78 is 28.7. The van der Waals surface area contributed by atoms with Gasteiger partial charge in [0, 0.05) is 12.5 Å². The van der Waals surface area contributed by atoms with Gasteiger partial charge in [-0.1, -0.05) is 23.5 Å². The van der Waals surface area contributed by atoms with Gasteiger partial charge in [0.25, 0.3) is 5.13 Å². The molecule has 2 aromatic carbocycles. The standard InChI is InChI=1S/C21H16F2N4OS/c22-12-8-11(9-13(23)10-12)19-18-15(5-3-6-16(18)28)24-20(26-19)27-21-25-14-4-1-2-7-17(14)29-21/h1-2,4-5,7-10,18-19H,3,6H2,(H2,24,25,26,27)/p+1/t18-,19-/m0/s1. The SMILES string of the molecule is O=C1CCC=C2NC(Nc3nc4ccccc4s3)=[NH+][C@@H](c3cc(F)cc(F)c3)[C@H]12. The number of benzene rings is 2. The number of aromatic nitrogens is 1. The quantitative estimate of drug-likeness (QED) is 0.607. The molecular formula is C21H17F2N4OS+. The molecule has 0 amide bonds. The minimum atomic E-state index is -0.671. The van der Waals surface area contributed by atoms with Crippen LogP contribution in [0.15, 0.2) is 54.2 Å². The molecule has 0 bridgehead atoms. The van der Waals surface area contributed by atoms with Crippen molar-refractivity contribution in [3.8, 4) is 0 Å². The number of rotatable bonds is 2. The number of nitrogens with zero attached hydrogens (tertiary/aromatic N) is 1. The number of nitrogens with one attached hydrogen (secondary N) is 3. The zero-order valence-electron chi connectivity index (χ0n) is 15.2. The Balaban J connectivity index is 1.55. The fraction of sp³-hybridized carbons (Fsp3) is 0.190. The first-order valence-electron chi connectivity index (χ1n) is 9.29. The predicted molar refractivity (Wildman–Crippen MR) is 107 cm³/mol. The zero-order chi connectivity index (χ0) is 20.0. The van der Waals surface area contributed by atoms with Gasteiger partial charge >= 0.3 is 5.96 Å². The van der Waals surface area contributed by atoms with Crippen LogP contribution in [0, 0.1) is 17.6 Å². The molecule has 0 saturated carbocycles. The summed E-state index contributed by atoms with van der Waals surface area (Å²) in [7, 11) is 0. The van der Waals surface area contributed by atoms with E-state index in [0.29, 0.717) is 29.5 Å². The summed E-state index contributed by atoms with van der Waals surface area (Å²) in [4.78, 5) is 20.4. The minimum absolute atomic E-state index is 0.0382. The van der Waals surface area contributed by atoms with E-state index < -0.39 is 23.6 Å². The van der Waals surface area contributed by atoms with E-state index in [2.05, 4.69) is 20.6 Å². The third-order valence-electron chi connectivity index (χ3n) is 5.11. The van der Waals surface area contributed by atoms with Crippen LogP contribution in [0.4, 0.5) is 13.9 Å². The Hall–Kier alpha value is -3.13. The Labute approximate surface area is 169 Å². The molecule has 1 aromatic heterocycles. The van der Waals surface area contributed by atoms with Crippen LogP contribution in [-0.2, 0) is 4.79 Å². The number of carbonyl (C=O) groups is 1. The highest BCUT2D eigenvalue weighted by atomic mass is 32.1. The largest absolute Gasteiger partial charge is 0.355 e. The van der Waals surface area contributed by atoms with Crippen molar-refractivity contribution in [3.63, 3.8) is 0 Å². The molecule has 29 heavy (non-hydrogen) atoms. The van der Waals surface area contributed by atoms with Crippen LogP contribution in [-0.4, -0.2) is 16.7 Å². The molecule has 3 N–H and O–H groups in total. The Kier molecular flexibility index (Phi) is 4.35. The van der Waals surface area contributed by atoms with Crippen molar-refractivity contribution < 1.29 is 18.6 Å². The molecular weight excluding hydrogens is 394 g/mol. The van der Waals surface area contributed by atoms with Gasteiger partial charge in [-0.3, -0.25) is 9.79 Å². The summed E-state index contributed by atoms with van der Waals surface area (Å²) >= 11 is 1.49. The summed E-state index contributed by atoms with van der Waals surface area (Å²) in [5.41, 5.74) is 2.00. The van der Waals surface area contributed by atoms with Gasteiger partial charge < -0.3 is 0 Å². The van der Waals surface area contributed by atoms with Gasteiger partial charge in [0.15, 0.2) is 0 Å². The molecule has 1 aliphatic carbocycles. The van der Waals surface area contributed by atoms with Crippen LogP contribution in [0.2, 0.25) is 0 Å². The fourth-order valence-electron chi connectivity index (χ4n) is 3.87. The van der Waals surface area contributed by atoms with Gasteiger partial charge in [-0.25, -0.2) is 24.4 Å². The lowest BCUT2D eigenvalue weighted by molar-refractivity contribution is -0.522. The van der Waals surface area contributed by atoms with Gasteiger partial charge in [-0.05, 0) is 42.3 Å². The molecule has 5 nitrogen and oxygen atoms in total. The van der Waals surface area contributed by atoms with Crippen LogP contribution >= 0.6 is 11.3 Å². The Morgan fingerprint density at radius 2 is 1.97 bits per heavy atom. The van der Waals surface area contributed by atoms with Crippen LogP contribution in [0.3, 0.4) is 0 Å². The van der Waals surface area contributed by atoms with E-state index in [4.69, 9.17) is 0 Å². The molecule has 0 fully saturated rings. The topological polar surface area (TPSA) is 68.0 Å². The highest BCUT2D eigenvalue weighted by Gasteiger charge is 2.41. The van der Waals surface area contributed by atoms with E-state index in [-0.39, 0.29) is 5.78 Å². The third kappa shape index (κ3) is 3.40. The number of allylic oxidation sites excluding steroid dienone is 1. The van der Waals surface area contributed by atoms with E-state index in [1.807, 2.05) is 30.3 Å². The van der Waals surface area contributed by atoms with Crippen molar-refractivity contribution >= 4 is 38.4 Å². The maximum atomic E-state index is 13.9. The smallest absolute Gasteiger partial charge is 0.299 e. The molecule has 146 valence electrons. The molecule has 1 aliphatic heterocycles. The van der Waals surface area contributed by atoms with Crippen molar-refractivity contribution in [2.75, 3.05) is 5.32 Å². The Morgan fingerprint density at radius 3 is 2.76 bits per heavy atom. The summed E-state index contributed by atoms with van der Waals surface area (Å²) in [6.45, 7) is 0. The van der Waals surface area contributed by atoms with Gasteiger partial charge in [-0.15, -0.1) is 0 Å². The number of halogens is 2. The molecule has 5 rings (SSSR count). The van der Waals surface area contributed by atoms with Crippen molar-refractivity contribution in [3.05, 3.63) is 71.4 Å². The lowest BCUT2D eigenvalue weighted by atomic mass is 9.81. The molecule has 3 aromatic rings. The molecule has 2 heterocycles. The van der Waals surface area contributed by atoms with Crippen LogP contribution in [0.25, 0.3) is 10.2 Å². The zero-order valence-corrected chi connectivity index (χ0v) is 16.0. The number of thiazole rings is 1. The van der Waals surface area contributed by atoms with Crippen molar-refractivity contribution in [1.82, 2.24) is 10.3 Å². The summed E-state index contributed by atoms with van der Waals surface area (Å²) in [6.07, 6.45) is 3.01. The second kappa shape index (κ2) is 7.04. The first-order valence-corrected chi connectivity index (χ1v) is 10.1. The number of Topliss-reactive ketones (excluding diaryl/α,β-unsaturated/α-hetero) is 1. The lowest BCUT2D eigenvalue weighted by Crippen LogP contribution is -2.84. The van der Waals surface area contributed by atoms with Gasteiger partial charge in [0.2, 0.25) is 0 Å². The minimum Gasteiger partial charge on any atom is -0.299 e. The Morgan fingerprint density at radius 1 is 1.17 bits per heavy atom. The number of hydrogen-bond acceptors (Lipinski definition) is 5. The second-order valence-electron chi connectivity index (χ2n) is 7.08. The van der Waals surface area contributed by atoms with Crippen LogP contribution in [0.5, 0.6) is 0 Å². The lowest BCUT2D eigenvalue weighted by Gasteiger charge is -2.30. The first-order chi connectivity index (χ1) is 14.1. The number of hydrogen-bond donors (Lipinski definition) is 3. The first kappa shape index (κ1) is 17.9. The number of fused-ring (bicyclic) bond motifs is 2. The fourth-order valence-corrected chi connectivity index (χ4v) is 4.74. The molecule has 2 aliphatic rings.